The summed E-state index contributed by atoms with van der Waals surface area (Å²) in [5, 5.41) is 4.35. The number of para-hydroxylation sites is 2. The number of amides is 1. The molecule has 0 saturated carbocycles. The van der Waals surface area contributed by atoms with Crippen LogP contribution in [0.2, 0.25) is 0 Å². The van der Waals surface area contributed by atoms with E-state index in [1.54, 1.807) is 6.07 Å². The fourth-order valence-electron chi connectivity index (χ4n) is 2.59. The van der Waals surface area contributed by atoms with Crippen molar-refractivity contribution in [1.29, 1.82) is 0 Å². The fourth-order valence-corrected chi connectivity index (χ4v) is 2.59. The first-order valence-corrected chi connectivity index (χ1v) is 8.44. The third-order valence-electron chi connectivity index (χ3n) is 3.81. The zero-order valence-electron chi connectivity index (χ0n) is 14.4. The Labute approximate surface area is 147 Å². The standard InChI is InChI=1S/C20H22N2O3/c1-14(2)12-16(15-8-4-3-5-9-15)21-22-20(23)19-13-24-17-10-6-7-11-18(17)25-19/h3-11,14,19H,12-13H2,1-2H3,(H,22,23)/b21-16-. The lowest BCUT2D eigenvalue weighted by atomic mass is 10.0. The van der Waals surface area contributed by atoms with E-state index in [1.807, 2.05) is 48.5 Å². The van der Waals surface area contributed by atoms with Crippen LogP contribution < -0.4 is 14.9 Å². The van der Waals surface area contributed by atoms with Gasteiger partial charge in [0.25, 0.3) is 5.91 Å². The minimum Gasteiger partial charge on any atom is -0.485 e. The molecule has 1 atom stereocenters. The molecule has 0 radical (unpaired) electrons. The monoisotopic (exact) mass is 338 g/mol. The van der Waals surface area contributed by atoms with E-state index in [0.29, 0.717) is 17.4 Å². The van der Waals surface area contributed by atoms with E-state index < -0.39 is 6.10 Å². The topological polar surface area (TPSA) is 59.9 Å². The number of fused-ring (bicyclic) bond motifs is 1. The van der Waals surface area contributed by atoms with Gasteiger partial charge in [-0.2, -0.15) is 5.10 Å². The summed E-state index contributed by atoms with van der Waals surface area (Å²) in [4.78, 5) is 12.4. The molecule has 130 valence electrons. The molecule has 2 aromatic carbocycles. The maximum Gasteiger partial charge on any atom is 0.284 e. The van der Waals surface area contributed by atoms with Crippen molar-refractivity contribution in [2.45, 2.75) is 26.4 Å². The van der Waals surface area contributed by atoms with Gasteiger partial charge in [-0.1, -0.05) is 56.3 Å². The van der Waals surface area contributed by atoms with Crippen molar-refractivity contribution in [3.8, 4) is 11.5 Å². The summed E-state index contributed by atoms with van der Waals surface area (Å²) in [5.41, 5.74) is 4.48. The number of hydrogen-bond donors (Lipinski definition) is 1. The van der Waals surface area contributed by atoms with Crippen LogP contribution >= 0.6 is 0 Å². The number of ether oxygens (including phenoxy) is 2. The Hall–Kier alpha value is -2.82. The molecule has 5 heteroatoms. The van der Waals surface area contributed by atoms with Crippen LogP contribution in [0.4, 0.5) is 0 Å². The van der Waals surface area contributed by atoms with Crippen LogP contribution in [0, 0.1) is 5.92 Å². The molecule has 0 aromatic heterocycles. The van der Waals surface area contributed by atoms with Crippen molar-refractivity contribution >= 4 is 11.6 Å². The van der Waals surface area contributed by atoms with E-state index in [2.05, 4.69) is 24.4 Å². The van der Waals surface area contributed by atoms with E-state index in [0.717, 1.165) is 17.7 Å². The van der Waals surface area contributed by atoms with Crippen LogP contribution in [0.1, 0.15) is 25.8 Å². The zero-order chi connectivity index (χ0) is 17.6. The van der Waals surface area contributed by atoms with Gasteiger partial charge in [-0.05, 0) is 30.0 Å². The van der Waals surface area contributed by atoms with Crippen LogP contribution in [0.25, 0.3) is 0 Å². The number of benzene rings is 2. The first-order chi connectivity index (χ1) is 12.1. The predicted molar refractivity (Wildman–Crippen MR) is 96.9 cm³/mol. The van der Waals surface area contributed by atoms with Crippen LogP contribution in [0.3, 0.4) is 0 Å². The van der Waals surface area contributed by atoms with Crippen molar-refractivity contribution in [2.75, 3.05) is 6.61 Å². The van der Waals surface area contributed by atoms with E-state index in [9.17, 15) is 4.79 Å². The molecule has 0 bridgehead atoms. The first-order valence-electron chi connectivity index (χ1n) is 8.44. The molecule has 25 heavy (non-hydrogen) atoms. The van der Waals surface area contributed by atoms with Gasteiger partial charge in [-0.25, -0.2) is 5.43 Å². The molecule has 2 aromatic rings. The third-order valence-corrected chi connectivity index (χ3v) is 3.81. The molecule has 1 heterocycles. The highest BCUT2D eigenvalue weighted by atomic mass is 16.6. The van der Waals surface area contributed by atoms with Gasteiger partial charge in [0.05, 0.1) is 5.71 Å². The highest BCUT2D eigenvalue weighted by Gasteiger charge is 2.27. The number of hydrogen-bond acceptors (Lipinski definition) is 4. The molecule has 1 amide bonds. The number of nitrogens with one attached hydrogen (secondary N) is 1. The normalized spacial score (nSPS) is 16.6. The van der Waals surface area contributed by atoms with Crippen LogP contribution in [0.5, 0.6) is 11.5 Å². The van der Waals surface area contributed by atoms with Crippen LogP contribution in [-0.4, -0.2) is 24.3 Å². The number of carbonyl (C=O) groups is 1. The highest BCUT2D eigenvalue weighted by Crippen LogP contribution is 2.30. The van der Waals surface area contributed by atoms with Gasteiger partial charge in [-0.15, -0.1) is 0 Å². The molecule has 3 rings (SSSR count). The van der Waals surface area contributed by atoms with Gasteiger partial charge in [0.15, 0.2) is 11.5 Å². The molecule has 0 saturated heterocycles. The molecule has 0 spiro atoms. The molecule has 1 unspecified atom stereocenters. The molecular weight excluding hydrogens is 316 g/mol. The summed E-state index contributed by atoms with van der Waals surface area (Å²) in [6.07, 6.45) is 0.0597. The summed E-state index contributed by atoms with van der Waals surface area (Å²) >= 11 is 0. The maximum absolute atomic E-state index is 12.4. The maximum atomic E-state index is 12.4. The Morgan fingerprint density at radius 1 is 1.12 bits per heavy atom. The van der Waals surface area contributed by atoms with Crippen molar-refractivity contribution in [2.24, 2.45) is 11.0 Å². The Morgan fingerprint density at radius 2 is 1.80 bits per heavy atom. The van der Waals surface area contributed by atoms with Gasteiger partial charge < -0.3 is 9.47 Å². The van der Waals surface area contributed by atoms with Gasteiger partial charge in [-0.3, -0.25) is 4.79 Å². The number of nitrogens with zero attached hydrogens (tertiary/aromatic N) is 1. The van der Waals surface area contributed by atoms with E-state index in [1.165, 1.54) is 0 Å². The minimum absolute atomic E-state index is 0.170. The molecule has 1 aliphatic rings. The second-order valence-corrected chi connectivity index (χ2v) is 6.36. The largest absolute Gasteiger partial charge is 0.485 e. The average Bonchev–Trinajstić information content (AvgIpc) is 2.65. The molecule has 1 aliphatic heterocycles. The van der Waals surface area contributed by atoms with Crippen molar-refractivity contribution in [1.82, 2.24) is 5.43 Å². The summed E-state index contributed by atoms with van der Waals surface area (Å²) in [6, 6.07) is 17.2. The lowest BCUT2D eigenvalue weighted by Crippen LogP contribution is -2.42. The zero-order valence-corrected chi connectivity index (χ0v) is 14.4. The van der Waals surface area contributed by atoms with Crippen molar-refractivity contribution in [3.05, 3.63) is 60.2 Å². The Balaban J connectivity index is 1.69. The Morgan fingerprint density at radius 3 is 2.52 bits per heavy atom. The van der Waals surface area contributed by atoms with Crippen LogP contribution in [0.15, 0.2) is 59.7 Å². The van der Waals surface area contributed by atoms with Gasteiger partial charge in [0, 0.05) is 0 Å². The number of carbonyl (C=O) groups excluding carboxylic acids is 1. The second-order valence-electron chi connectivity index (χ2n) is 6.36. The van der Waals surface area contributed by atoms with E-state index in [4.69, 9.17) is 9.47 Å². The fraction of sp³-hybridized carbons (Fsp3) is 0.300. The third kappa shape index (κ3) is 4.38. The summed E-state index contributed by atoms with van der Waals surface area (Å²) in [6.45, 7) is 4.41. The van der Waals surface area contributed by atoms with Crippen molar-refractivity contribution in [3.63, 3.8) is 0 Å². The Kier molecular flexibility index (Phi) is 5.33. The molecule has 5 nitrogen and oxygen atoms in total. The summed E-state index contributed by atoms with van der Waals surface area (Å²) in [5.74, 6) is 1.34. The second kappa shape index (κ2) is 7.83. The van der Waals surface area contributed by atoms with Crippen LogP contribution in [-0.2, 0) is 4.79 Å². The van der Waals surface area contributed by atoms with Gasteiger partial charge in [0.2, 0.25) is 6.10 Å². The summed E-state index contributed by atoms with van der Waals surface area (Å²) < 4.78 is 11.3. The first kappa shape index (κ1) is 17.0. The lowest BCUT2D eigenvalue weighted by molar-refractivity contribution is -0.130. The molecule has 0 fully saturated rings. The number of rotatable bonds is 5. The van der Waals surface area contributed by atoms with Gasteiger partial charge >= 0.3 is 0 Å². The van der Waals surface area contributed by atoms with Gasteiger partial charge in [0.1, 0.15) is 6.61 Å². The lowest BCUT2D eigenvalue weighted by Gasteiger charge is -2.25. The summed E-state index contributed by atoms with van der Waals surface area (Å²) in [7, 11) is 0. The smallest absolute Gasteiger partial charge is 0.284 e. The average molecular weight is 338 g/mol. The predicted octanol–water partition coefficient (Wildman–Crippen LogP) is 3.39. The SMILES string of the molecule is CC(C)C/C(=N/NC(=O)C1COc2ccccc2O1)c1ccccc1. The molecule has 1 N–H and O–H groups in total. The van der Waals surface area contributed by atoms with Crippen molar-refractivity contribution < 1.29 is 14.3 Å². The van der Waals surface area contributed by atoms with E-state index >= 15 is 0 Å². The minimum atomic E-state index is -0.713. The number of hydrazone groups is 1. The molecule has 0 aliphatic carbocycles. The Bertz CT molecular complexity index is 757. The van der Waals surface area contributed by atoms with E-state index in [-0.39, 0.29) is 12.5 Å². The quantitative estimate of drug-likeness (QED) is 0.671. The highest BCUT2D eigenvalue weighted by molar-refractivity contribution is 6.01. The molecular formula is C20H22N2O3.